The first-order chi connectivity index (χ1) is 32.0. The van der Waals surface area contributed by atoms with Crippen LogP contribution in [0, 0.1) is 0 Å². The van der Waals surface area contributed by atoms with E-state index >= 15 is 0 Å². The molecule has 0 radical (unpaired) electrons. The number of allylic oxidation sites excluding steroid dienone is 10. The molecular formula is C59H104O6. The number of unbranched alkanes of at least 4 members (excludes halogenated alkanes) is 29. The smallest absolute Gasteiger partial charge is 0.306 e. The molecular weight excluding hydrogens is 805 g/mol. The van der Waals surface area contributed by atoms with Crippen LogP contribution in [0.1, 0.15) is 278 Å². The minimum absolute atomic E-state index is 0.0947. The molecule has 0 aliphatic rings. The van der Waals surface area contributed by atoms with Crippen LogP contribution in [0.15, 0.2) is 60.8 Å². The molecule has 0 saturated heterocycles. The quantitative estimate of drug-likeness (QED) is 0.0262. The number of ether oxygens (including phenoxy) is 3. The number of hydrogen-bond acceptors (Lipinski definition) is 6. The van der Waals surface area contributed by atoms with E-state index in [1.807, 2.05) is 0 Å². The first-order valence-electron chi connectivity index (χ1n) is 27.8. The molecule has 376 valence electrons. The van der Waals surface area contributed by atoms with Crippen molar-refractivity contribution in [2.75, 3.05) is 13.2 Å². The molecule has 0 amide bonds. The van der Waals surface area contributed by atoms with Crippen molar-refractivity contribution in [3.63, 3.8) is 0 Å². The van der Waals surface area contributed by atoms with Crippen molar-refractivity contribution in [1.29, 1.82) is 0 Å². The fourth-order valence-corrected chi connectivity index (χ4v) is 7.74. The molecule has 0 rings (SSSR count). The molecule has 0 N–H and O–H groups in total. The summed E-state index contributed by atoms with van der Waals surface area (Å²) in [7, 11) is 0. The minimum atomic E-state index is -0.799. The third kappa shape index (κ3) is 51.9. The van der Waals surface area contributed by atoms with Gasteiger partial charge in [-0.3, -0.25) is 14.4 Å². The molecule has 6 heteroatoms. The molecule has 65 heavy (non-hydrogen) atoms. The van der Waals surface area contributed by atoms with Crippen LogP contribution in [-0.2, 0) is 28.6 Å². The van der Waals surface area contributed by atoms with Crippen molar-refractivity contribution >= 4 is 17.9 Å². The Balaban J connectivity index is 4.44. The molecule has 0 saturated carbocycles. The van der Waals surface area contributed by atoms with E-state index in [1.54, 1.807) is 0 Å². The van der Waals surface area contributed by atoms with Crippen LogP contribution >= 0.6 is 0 Å². The van der Waals surface area contributed by atoms with E-state index in [2.05, 4.69) is 81.5 Å². The van der Waals surface area contributed by atoms with E-state index < -0.39 is 6.10 Å². The van der Waals surface area contributed by atoms with Gasteiger partial charge in [0.2, 0.25) is 0 Å². The highest BCUT2D eigenvalue weighted by atomic mass is 16.6. The van der Waals surface area contributed by atoms with Crippen molar-refractivity contribution in [3.8, 4) is 0 Å². The van der Waals surface area contributed by atoms with Crippen molar-refractivity contribution in [1.82, 2.24) is 0 Å². The molecule has 0 aromatic rings. The summed E-state index contributed by atoms with van der Waals surface area (Å²) in [5.41, 5.74) is 0. The highest BCUT2D eigenvalue weighted by Gasteiger charge is 2.19. The lowest BCUT2D eigenvalue weighted by molar-refractivity contribution is -0.167. The molecule has 0 unspecified atom stereocenters. The third-order valence-electron chi connectivity index (χ3n) is 12.0. The maximum absolute atomic E-state index is 12.8. The average Bonchev–Trinajstić information content (AvgIpc) is 3.30. The second kappa shape index (κ2) is 53.7. The lowest BCUT2D eigenvalue weighted by atomic mass is 10.1. The predicted octanol–water partition coefficient (Wildman–Crippen LogP) is 18.4. The van der Waals surface area contributed by atoms with Crippen LogP contribution in [-0.4, -0.2) is 37.2 Å². The first-order valence-corrected chi connectivity index (χ1v) is 27.8. The van der Waals surface area contributed by atoms with E-state index in [0.29, 0.717) is 19.3 Å². The second-order valence-corrected chi connectivity index (χ2v) is 18.5. The van der Waals surface area contributed by atoms with Crippen molar-refractivity contribution < 1.29 is 28.6 Å². The van der Waals surface area contributed by atoms with Crippen LogP contribution in [0.25, 0.3) is 0 Å². The highest BCUT2D eigenvalue weighted by Crippen LogP contribution is 2.14. The predicted molar refractivity (Wildman–Crippen MR) is 279 cm³/mol. The molecule has 0 bridgehead atoms. The Morgan fingerprint density at radius 2 is 0.569 bits per heavy atom. The fourth-order valence-electron chi connectivity index (χ4n) is 7.74. The largest absolute Gasteiger partial charge is 0.462 e. The van der Waals surface area contributed by atoms with Gasteiger partial charge in [0, 0.05) is 19.3 Å². The van der Waals surface area contributed by atoms with Crippen LogP contribution < -0.4 is 0 Å². The van der Waals surface area contributed by atoms with Gasteiger partial charge in [-0.2, -0.15) is 0 Å². The molecule has 0 fully saturated rings. The Bertz CT molecular complexity index is 1180. The van der Waals surface area contributed by atoms with E-state index in [1.165, 1.54) is 161 Å². The Labute approximate surface area is 402 Å². The summed E-state index contributed by atoms with van der Waals surface area (Å²) in [5.74, 6) is -0.955. The summed E-state index contributed by atoms with van der Waals surface area (Å²) in [6, 6.07) is 0. The average molecular weight is 909 g/mol. The maximum Gasteiger partial charge on any atom is 0.306 e. The summed E-state index contributed by atoms with van der Waals surface area (Å²) in [4.78, 5) is 38.0. The monoisotopic (exact) mass is 909 g/mol. The molecule has 0 spiro atoms. The van der Waals surface area contributed by atoms with E-state index in [0.717, 1.165) is 70.6 Å². The lowest BCUT2D eigenvalue weighted by Gasteiger charge is -2.18. The Hall–Kier alpha value is -2.89. The molecule has 1 atom stereocenters. The standard InChI is InChI=1S/C59H104O6/c1-4-7-10-13-16-19-22-25-27-29-31-34-36-39-42-45-48-51-57(60)63-54-56(65-59(62)53-50-47-44-41-38-33-24-21-18-15-12-9-6-3)55-64-58(61)52-49-46-43-40-37-35-32-30-28-26-23-20-17-14-11-8-5-2/h21,24-28,31,34,39,42,56H,4-20,22-23,29-30,32-33,35-38,40-41,43-55H2,1-3H3/b24-21-,27-25-,28-26-,34-31-,42-39-/t56-/m1/s1. The number of esters is 3. The van der Waals surface area contributed by atoms with Gasteiger partial charge in [-0.15, -0.1) is 0 Å². The SMILES string of the molecule is CCCCCC/C=C\CCCCCCCC(=O)O[C@H](COC(=O)CCC/C=C\C/C=C\C/C=C\CCCCCCCC)COC(=O)CCCCCCCCC/C=C\CCCCCCCC. The minimum Gasteiger partial charge on any atom is -0.462 e. The van der Waals surface area contributed by atoms with Gasteiger partial charge in [0.15, 0.2) is 6.10 Å². The zero-order valence-corrected chi connectivity index (χ0v) is 43.0. The molecule has 0 heterocycles. The van der Waals surface area contributed by atoms with Crippen molar-refractivity contribution in [2.24, 2.45) is 0 Å². The molecule has 0 aromatic carbocycles. The van der Waals surface area contributed by atoms with Gasteiger partial charge in [0.25, 0.3) is 0 Å². The summed E-state index contributed by atoms with van der Waals surface area (Å²) in [6.07, 6.45) is 66.4. The van der Waals surface area contributed by atoms with Gasteiger partial charge in [0.05, 0.1) is 0 Å². The molecule has 0 aliphatic carbocycles. The van der Waals surface area contributed by atoms with Crippen LogP contribution in [0.2, 0.25) is 0 Å². The molecule has 0 aromatic heterocycles. The lowest BCUT2D eigenvalue weighted by Crippen LogP contribution is -2.30. The van der Waals surface area contributed by atoms with Gasteiger partial charge in [-0.25, -0.2) is 0 Å². The van der Waals surface area contributed by atoms with E-state index in [9.17, 15) is 14.4 Å². The van der Waals surface area contributed by atoms with Crippen LogP contribution in [0.5, 0.6) is 0 Å². The normalized spacial score (nSPS) is 12.5. The number of rotatable bonds is 50. The zero-order chi connectivity index (χ0) is 47.2. The fraction of sp³-hybridized carbons (Fsp3) is 0.780. The summed E-state index contributed by atoms with van der Waals surface area (Å²) >= 11 is 0. The number of carbonyl (C=O) groups is 3. The van der Waals surface area contributed by atoms with E-state index in [-0.39, 0.29) is 37.5 Å². The van der Waals surface area contributed by atoms with Crippen LogP contribution in [0.4, 0.5) is 0 Å². The van der Waals surface area contributed by atoms with Crippen LogP contribution in [0.3, 0.4) is 0 Å². The zero-order valence-electron chi connectivity index (χ0n) is 43.0. The molecule has 0 aliphatic heterocycles. The van der Waals surface area contributed by atoms with Gasteiger partial charge in [0.1, 0.15) is 13.2 Å². The number of carbonyl (C=O) groups excluding carboxylic acids is 3. The Morgan fingerprint density at radius 1 is 0.308 bits per heavy atom. The summed E-state index contributed by atoms with van der Waals surface area (Å²) in [5, 5.41) is 0. The van der Waals surface area contributed by atoms with Crippen molar-refractivity contribution in [3.05, 3.63) is 60.8 Å². The topological polar surface area (TPSA) is 78.9 Å². The van der Waals surface area contributed by atoms with Gasteiger partial charge in [-0.05, 0) is 103 Å². The first kappa shape index (κ1) is 62.1. The third-order valence-corrected chi connectivity index (χ3v) is 12.0. The Morgan fingerprint density at radius 3 is 0.954 bits per heavy atom. The Kier molecular flexibility index (Phi) is 51.3. The van der Waals surface area contributed by atoms with E-state index in [4.69, 9.17) is 14.2 Å². The van der Waals surface area contributed by atoms with Gasteiger partial charge >= 0.3 is 17.9 Å². The van der Waals surface area contributed by atoms with Gasteiger partial charge in [-0.1, -0.05) is 216 Å². The summed E-state index contributed by atoms with van der Waals surface area (Å²) < 4.78 is 16.8. The maximum atomic E-state index is 12.8. The van der Waals surface area contributed by atoms with Gasteiger partial charge < -0.3 is 14.2 Å². The highest BCUT2D eigenvalue weighted by molar-refractivity contribution is 5.71. The molecule has 6 nitrogen and oxygen atoms in total. The van der Waals surface area contributed by atoms with Crippen molar-refractivity contribution in [2.45, 2.75) is 284 Å². The second-order valence-electron chi connectivity index (χ2n) is 18.5. The number of hydrogen-bond donors (Lipinski definition) is 0. The summed E-state index contributed by atoms with van der Waals surface area (Å²) in [6.45, 7) is 6.57.